The van der Waals surface area contributed by atoms with E-state index < -0.39 is 0 Å². The highest BCUT2D eigenvalue weighted by Gasteiger charge is 2.32. The smallest absolute Gasteiger partial charge is 0.290 e. The van der Waals surface area contributed by atoms with E-state index in [1.165, 1.54) is 5.56 Å². The second kappa shape index (κ2) is 8.20. The number of carboxylic acid groups (broad SMARTS) is 1. The molecule has 1 atom stereocenters. The lowest BCUT2D eigenvalue weighted by Crippen LogP contribution is -2.38. The summed E-state index contributed by atoms with van der Waals surface area (Å²) in [6, 6.07) is 14.2. The predicted molar refractivity (Wildman–Crippen MR) is 110 cm³/mol. The maximum atomic E-state index is 13.4. The lowest BCUT2D eigenvalue weighted by molar-refractivity contribution is -0.122. The van der Waals surface area contributed by atoms with Crippen molar-refractivity contribution in [3.8, 4) is 0 Å². The summed E-state index contributed by atoms with van der Waals surface area (Å²) in [5.41, 5.74) is 5.74. The van der Waals surface area contributed by atoms with Crippen molar-refractivity contribution in [2.24, 2.45) is 0 Å². The molecule has 152 valence electrons. The summed E-state index contributed by atoms with van der Waals surface area (Å²) in [6.07, 6.45) is 5.26. The van der Waals surface area contributed by atoms with Crippen LogP contribution >= 0.6 is 0 Å². The van der Waals surface area contributed by atoms with Crippen LogP contribution in [0, 0.1) is 6.92 Å². The summed E-state index contributed by atoms with van der Waals surface area (Å²) in [5, 5.41) is 11.2. The number of amides is 1. The first-order valence-corrected chi connectivity index (χ1v) is 9.51. The number of hydrogen-bond acceptors (Lipinski definition) is 4. The average molecular weight is 403 g/mol. The Morgan fingerprint density at radius 3 is 2.77 bits per heavy atom. The molecule has 0 aliphatic carbocycles. The molecule has 0 bridgehead atoms. The molecule has 1 amide bonds. The molecule has 2 N–H and O–H groups in total. The van der Waals surface area contributed by atoms with Crippen LogP contribution in [0.2, 0.25) is 0 Å². The van der Waals surface area contributed by atoms with Gasteiger partial charge >= 0.3 is 0 Å². The average Bonchev–Trinajstić information content (AvgIpc) is 3.41. The summed E-state index contributed by atoms with van der Waals surface area (Å²) >= 11 is 0. The minimum absolute atomic E-state index is 0.000445. The van der Waals surface area contributed by atoms with Crippen LogP contribution in [0.25, 0.3) is 5.52 Å². The van der Waals surface area contributed by atoms with Gasteiger partial charge in [0.1, 0.15) is 0 Å². The predicted octanol–water partition coefficient (Wildman–Crippen LogP) is 2.85. The van der Waals surface area contributed by atoms with Crippen LogP contribution in [-0.4, -0.2) is 48.5 Å². The third kappa shape index (κ3) is 3.43. The number of H-pyrrole nitrogens is 1. The van der Waals surface area contributed by atoms with Crippen LogP contribution < -0.4 is 0 Å². The van der Waals surface area contributed by atoms with E-state index in [1.807, 2.05) is 48.4 Å². The molecule has 8 heteroatoms. The standard InChI is InChI=1S/C21H19N5O.CH2O2/c1-14-6-5-9-26-20(14)16(10-24-26)21(27)25-11-17(15-7-3-2-4-8-15)19-18(12-25)22-13-23-19;2-1-3/h2-10,13,17H,11-12H2,1H3,(H,22,23);1H,(H,2,3). The maximum absolute atomic E-state index is 13.4. The number of nitrogens with one attached hydrogen (secondary N) is 1. The second-order valence-electron chi connectivity index (χ2n) is 7.06. The molecule has 0 saturated carbocycles. The van der Waals surface area contributed by atoms with Crippen molar-refractivity contribution in [3.05, 3.63) is 89.3 Å². The summed E-state index contributed by atoms with van der Waals surface area (Å²) in [7, 11) is 0. The summed E-state index contributed by atoms with van der Waals surface area (Å²) < 4.78 is 1.77. The molecular weight excluding hydrogens is 382 g/mol. The molecule has 0 saturated heterocycles. The molecule has 8 nitrogen and oxygen atoms in total. The normalized spacial score (nSPS) is 15.2. The zero-order valence-electron chi connectivity index (χ0n) is 16.4. The minimum atomic E-state index is -0.250. The van der Waals surface area contributed by atoms with E-state index in [1.54, 1.807) is 17.0 Å². The molecule has 30 heavy (non-hydrogen) atoms. The van der Waals surface area contributed by atoms with Crippen LogP contribution in [-0.2, 0) is 11.3 Å². The molecule has 5 rings (SSSR count). The van der Waals surface area contributed by atoms with Crippen molar-refractivity contribution in [2.45, 2.75) is 19.4 Å². The number of rotatable bonds is 2. The molecule has 4 aromatic rings. The number of pyridine rings is 1. The number of imidazole rings is 1. The van der Waals surface area contributed by atoms with Gasteiger partial charge in [0.05, 0.1) is 41.5 Å². The van der Waals surface area contributed by atoms with Crippen molar-refractivity contribution >= 4 is 17.9 Å². The largest absolute Gasteiger partial charge is 0.483 e. The Balaban J connectivity index is 0.000000687. The first-order valence-electron chi connectivity index (χ1n) is 9.51. The number of aryl methyl sites for hydroxylation is 1. The number of carbonyl (C=O) groups excluding carboxylic acids is 1. The molecule has 3 aromatic heterocycles. The Labute approximate surface area is 172 Å². The highest BCUT2D eigenvalue weighted by Crippen LogP contribution is 2.32. The number of aromatic amines is 1. The van der Waals surface area contributed by atoms with Gasteiger partial charge in [0.2, 0.25) is 0 Å². The van der Waals surface area contributed by atoms with Crippen LogP contribution in [0.4, 0.5) is 0 Å². The van der Waals surface area contributed by atoms with Crippen molar-refractivity contribution in [1.29, 1.82) is 0 Å². The Bertz CT molecular complexity index is 1180. The van der Waals surface area contributed by atoms with Crippen LogP contribution in [0.3, 0.4) is 0 Å². The highest BCUT2D eigenvalue weighted by molar-refractivity contribution is 6.01. The monoisotopic (exact) mass is 403 g/mol. The number of carbonyl (C=O) groups is 2. The Hall–Kier alpha value is -3.94. The van der Waals surface area contributed by atoms with Crippen molar-refractivity contribution < 1.29 is 14.7 Å². The van der Waals surface area contributed by atoms with Crippen LogP contribution in [0.5, 0.6) is 0 Å². The molecular formula is C22H21N5O3. The fourth-order valence-corrected chi connectivity index (χ4v) is 3.97. The number of aromatic nitrogens is 4. The number of hydrogen-bond donors (Lipinski definition) is 2. The zero-order valence-corrected chi connectivity index (χ0v) is 16.4. The van der Waals surface area contributed by atoms with E-state index in [0.29, 0.717) is 18.7 Å². The SMILES string of the molecule is Cc1cccn2ncc(C(=O)N3Cc4[nH]cnc4C(c4ccccc4)C3)c12.O=CO. The summed E-state index contributed by atoms with van der Waals surface area (Å²) in [4.78, 5) is 31.4. The third-order valence-electron chi connectivity index (χ3n) is 5.30. The molecule has 0 radical (unpaired) electrons. The Morgan fingerprint density at radius 2 is 2.00 bits per heavy atom. The van der Waals surface area contributed by atoms with Gasteiger partial charge in [-0.15, -0.1) is 0 Å². The molecule has 1 aliphatic heterocycles. The van der Waals surface area contributed by atoms with Gasteiger partial charge < -0.3 is 15.0 Å². The van der Waals surface area contributed by atoms with Gasteiger partial charge in [0, 0.05) is 18.7 Å². The molecule has 1 aromatic carbocycles. The number of benzene rings is 1. The zero-order chi connectivity index (χ0) is 21.1. The van der Waals surface area contributed by atoms with Gasteiger partial charge in [-0.05, 0) is 24.1 Å². The topological polar surface area (TPSA) is 104 Å². The molecule has 0 fully saturated rings. The van der Waals surface area contributed by atoms with Crippen molar-refractivity contribution in [2.75, 3.05) is 6.54 Å². The third-order valence-corrected chi connectivity index (χ3v) is 5.30. The van der Waals surface area contributed by atoms with E-state index in [4.69, 9.17) is 9.90 Å². The number of fused-ring (bicyclic) bond motifs is 2. The Kier molecular flexibility index (Phi) is 5.30. The minimum Gasteiger partial charge on any atom is -0.483 e. The fourth-order valence-electron chi connectivity index (χ4n) is 3.97. The van der Waals surface area contributed by atoms with Gasteiger partial charge in [0.15, 0.2) is 0 Å². The molecule has 0 spiro atoms. The highest BCUT2D eigenvalue weighted by atomic mass is 16.3. The quantitative estimate of drug-likeness (QED) is 0.501. The van der Waals surface area contributed by atoms with Crippen LogP contribution in [0.15, 0.2) is 61.2 Å². The van der Waals surface area contributed by atoms with Crippen LogP contribution in [0.1, 0.15) is 38.8 Å². The van der Waals surface area contributed by atoms with Gasteiger partial charge in [0.25, 0.3) is 12.4 Å². The van der Waals surface area contributed by atoms with E-state index in [-0.39, 0.29) is 18.3 Å². The second-order valence-corrected chi connectivity index (χ2v) is 7.06. The van der Waals surface area contributed by atoms with Gasteiger partial charge in [-0.25, -0.2) is 9.50 Å². The summed E-state index contributed by atoms with van der Waals surface area (Å²) in [6.45, 7) is 2.88. The van der Waals surface area contributed by atoms with Gasteiger partial charge in [-0.1, -0.05) is 36.4 Å². The first-order chi connectivity index (χ1) is 14.6. The van der Waals surface area contributed by atoms with E-state index in [0.717, 1.165) is 22.5 Å². The lowest BCUT2D eigenvalue weighted by atomic mass is 9.90. The fraction of sp³-hybridized carbons (Fsp3) is 0.182. The van der Waals surface area contributed by atoms with E-state index >= 15 is 0 Å². The maximum Gasteiger partial charge on any atom is 0.290 e. The van der Waals surface area contributed by atoms with E-state index in [9.17, 15) is 4.79 Å². The summed E-state index contributed by atoms with van der Waals surface area (Å²) in [5.74, 6) is 0.0635. The molecule has 4 heterocycles. The first kappa shape index (κ1) is 19.4. The van der Waals surface area contributed by atoms with Gasteiger partial charge in [-0.2, -0.15) is 5.10 Å². The Morgan fingerprint density at radius 1 is 1.23 bits per heavy atom. The number of nitrogens with zero attached hydrogens (tertiary/aromatic N) is 4. The van der Waals surface area contributed by atoms with Gasteiger partial charge in [-0.3, -0.25) is 9.59 Å². The molecule has 1 aliphatic rings. The lowest BCUT2D eigenvalue weighted by Gasteiger charge is -2.32. The molecule has 1 unspecified atom stereocenters. The van der Waals surface area contributed by atoms with Crippen molar-refractivity contribution in [1.82, 2.24) is 24.5 Å². The van der Waals surface area contributed by atoms with Crippen molar-refractivity contribution in [3.63, 3.8) is 0 Å². The van der Waals surface area contributed by atoms with E-state index in [2.05, 4.69) is 27.2 Å².